The van der Waals surface area contributed by atoms with Crippen molar-refractivity contribution < 1.29 is 27.5 Å². The average molecular weight is 567 g/mol. The van der Waals surface area contributed by atoms with E-state index in [-0.39, 0.29) is 29.0 Å². The summed E-state index contributed by atoms with van der Waals surface area (Å²) in [6.45, 7) is 13.7. The Morgan fingerprint density at radius 1 is 1.08 bits per heavy atom. The van der Waals surface area contributed by atoms with Gasteiger partial charge >= 0.3 is 12.1 Å². The molecular weight excluding hydrogens is 528 g/mol. The molecule has 1 saturated heterocycles. The van der Waals surface area contributed by atoms with Gasteiger partial charge in [-0.3, -0.25) is 10.1 Å². The van der Waals surface area contributed by atoms with Crippen LogP contribution in [0.5, 0.6) is 0 Å². The highest BCUT2D eigenvalue weighted by atomic mass is 32.2. The molecule has 0 radical (unpaired) electrons. The summed E-state index contributed by atoms with van der Waals surface area (Å²) in [6, 6.07) is 4.72. The number of hydrogen-bond acceptors (Lipinski definition) is 9. The number of rotatable bonds is 8. The summed E-state index contributed by atoms with van der Waals surface area (Å²) in [6.07, 6.45) is 1.88. The van der Waals surface area contributed by atoms with Gasteiger partial charge in [0.25, 0.3) is 0 Å². The number of piperidine rings is 1. The number of sulfonamides is 1. The molecule has 0 aliphatic carbocycles. The summed E-state index contributed by atoms with van der Waals surface area (Å²) >= 11 is 1.38. The van der Waals surface area contributed by atoms with Gasteiger partial charge < -0.3 is 14.4 Å². The van der Waals surface area contributed by atoms with Gasteiger partial charge in [0.15, 0.2) is 5.13 Å². The zero-order valence-electron chi connectivity index (χ0n) is 23.0. The molecule has 1 fully saturated rings. The molecule has 210 valence electrons. The molecule has 0 spiro atoms. The number of thiazole rings is 1. The topological polar surface area (TPSA) is 127 Å². The van der Waals surface area contributed by atoms with Crippen LogP contribution in [0.4, 0.5) is 15.6 Å². The number of carbonyl (C=O) groups is 2. The summed E-state index contributed by atoms with van der Waals surface area (Å²) in [5.41, 5.74) is 0.0631. The minimum Gasteiger partial charge on any atom is -0.463 e. The van der Waals surface area contributed by atoms with Crippen LogP contribution in [0.1, 0.15) is 61.3 Å². The van der Waals surface area contributed by atoms with Crippen LogP contribution in [0.3, 0.4) is 0 Å². The smallest absolute Gasteiger partial charge is 0.411 e. The lowest BCUT2D eigenvalue weighted by Gasteiger charge is -2.30. The standard InChI is InChI=1S/C26H38N4O6S2/c1-16(2)35-23(31)18-10-12-30(13-11-18)24-27-15-21(37-24)20-9-8-19(28-25(32)36-17(3)4)14-22(20)38(33,34)29-26(5,6)7/h8-9,14-18,29H,10-13H2,1-7H3,(H,28,32). The summed E-state index contributed by atoms with van der Waals surface area (Å²) in [7, 11) is -3.95. The molecule has 0 saturated carbocycles. The van der Waals surface area contributed by atoms with Gasteiger partial charge in [-0.1, -0.05) is 17.4 Å². The maximum atomic E-state index is 13.4. The average Bonchev–Trinajstić information content (AvgIpc) is 3.26. The first-order valence-corrected chi connectivity index (χ1v) is 15.0. The minimum absolute atomic E-state index is 0.0279. The Morgan fingerprint density at radius 3 is 2.29 bits per heavy atom. The van der Waals surface area contributed by atoms with Crippen molar-refractivity contribution >= 4 is 44.2 Å². The van der Waals surface area contributed by atoms with Crippen molar-refractivity contribution in [3.8, 4) is 10.4 Å². The molecule has 1 aliphatic rings. The molecule has 0 unspecified atom stereocenters. The maximum absolute atomic E-state index is 13.4. The number of anilines is 2. The lowest BCUT2D eigenvalue weighted by Crippen LogP contribution is -2.40. The van der Waals surface area contributed by atoms with Crippen LogP contribution in [0.2, 0.25) is 0 Å². The van der Waals surface area contributed by atoms with Gasteiger partial charge in [-0.15, -0.1) is 0 Å². The number of amides is 1. The van der Waals surface area contributed by atoms with Crippen molar-refractivity contribution in [2.24, 2.45) is 5.92 Å². The Labute approximate surface area is 229 Å². The molecule has 1 amide bonds. The number of ether oxygens (including phenoxy) is 2. The number of nitrogens with zero attached hydrogens (tertiary/aromatic N) is 2. The van der Waals surface area contributed by atoms with Crippen molar-refractivity contribution in [1.82, 2.24) is 9.71 Å². The quantitative estimate of drug-likeness (QED) is 0.427. The SMILES string of the molecule is CC(C)OC(=O)Nc1ccc(-c2cnc(N3CCC(C(=O)OC(C)C)CC3)s2)c(S(=O)(=O)NC(C)(C)C)c1. The third-order valence-electron chi connectivity index (χ3n) is 5.51. The Bertz CT molecular complexity index is 1240. The number of nitrogens with one attached hydrogen (secondary N) is 2. The highest BCUT2D eigenvalue weighted by molar-refractivity contribution is 7.89. The van der Waals surface area contributed by atoms with Crippen LogP contribution in [-0.2, 0) is 24.3 Å². The van der Waals surface area contributed by atoms with Gasteiger partial charge in [-0.25, -0.2) is 22.9 Å². The molecular formula is C26H38N4O6S2. The van der Waals surface area contributed by atoms with Crippen molar-refractivity contribution in [3.63, 3.8) is 0 Å². The number of carbonyl (C=O) groups excluding carboxylic acids is 2. The molecule has 1 aromatic heterocycles. The summed E-state index contributed by atoms with van der Waals surface area (Å²) < 4.78 is 40.0. The molecule has 10 nitrogen and oxygen atoms in total. The summed E-state index contributed by atoms with van der Waals surface area (Å²) in [5.74, 6) is -0.289. The second kappa shape index (κ2) is 12.0. The van der Waals surface area contributed by atoms with E-state index >= 15 is 0 Å². The van der Waals surface area contributed by atoms with E-state index in [0.717, 1.165) is 5.13 Å². The van der Waals surface area contributed by atoms with Gasteiger partial charge in [-0.05, 0) is 73.4 Å². The van der Waals surface area contributed by atoms with Crippen LogP contribution in [-0.4, -0.2) is 56.3 Å². The van der Waals surface area contributed by atoms with Crippen molar-refractivity contribution in [2.75, 3.05) is 23.3 Å². The molecule has 12 heteroatoms. The molecule has 0 atom stereocenters. The van der Waals surface area contributed by atoms with Crippen molar-refractivity contribution in [1.29, 1.82) is 0 Å². The monoisotopic (exact) mass is 566 g/mol. The molecule has 2 aromatic rings. The third-order valence-corrected chi connectivity index (χ3v) is 8.40. The maximum Gasteiger partial charge on any atom is 0.411 e. The van der Waals surface area contributed by atoms with Gasteiger partial charge in [0.1, 0.15) is 0 Å². The lowest BCUT2D eigenvalue weighted by atomic mass is 9.97. The predicted molar refractivity (Wildman–Crippen MR) is 149 cm³/mol. The van der Waals surface area contributed by atoms with E-state index < -0.39 is 21.7 Å². The Hall–Kier alpha value is -2.70. The zero-order valence-corrected chi connectivity index (χ0v) is 24.7. The van der Waals surface area contributed by atoms with Crippen LogP contribution < -0.4 is 14.9 Å². The largest absolute Gasteiger partial charge is 0.463 e. The van der Waals surface area contributed by atoms with E-state index in [2.05, 4.69) is 19.9 Å². The van der Waals surface area contributed by atoms with Gasteiger partial charge in [0.05, 0.1) is 27.9 Å². The number of esters is 1. The molecule has 1 aliphatic heterocycles. The Morgan fingerprint density at radius 2 is 1.71 bits per heavy atom. The molecule has 2 heterocycles. The van der Waals surface area contributed by atoms with E-state index in [1.165, 1.54) is 17.4 Å². The highest BCUT2D eigenvalue weighted by Gasteiger charge is 2.30. The fourth-order valence-electron chi connectivity index (χ4n) is 4.02. The number of benzene rings is 1. The second-order valence-electron chi connectivity index (χ2n) is 10.9. The normalized spacial score (nSPS) is 15.1. The number of aromatic nitrogens is 1. The van der Waals surface area contributed by atoms with Gasteiger partial charge in [0.2, 0.25) is 10.0 Å². The first kappa shape index (κ1) is 29.9. The van der Waals surface area contributed by atoms with E-state index in [0.29, 0.717) is 42.1 Å². The predicted octanol–water partition coefficient (Wildman–Crippen LogP) is 5.01. The summed E-state index contributed by atoms with van der Waals surface area (Å²) in [4.78, 5) is 31.8. The fraction of sp³-hybridized carbons (Fsp3) is 0.577. The van der Waals surface area contributed by atoms with Crippen LogP contribution >= 0.6 is 11.3 Å². The third kappa shape index (κ3) is 8.15. The second-order valence-corrected chi connectivity index (χ2v) is 13.6. The zero-order chi connectivity index (χ0) is 28.3. The van der Waals surface area contributed by atoms with Crippen molar-refractivity contribution in [3.05, 3.63) is 24.4 Å². The van der Waals surface area contributed by atoms with Gasteiger partial charge in [0, 0.05) is 36.1 Å². The lowest BCUT2D eigenvalue weighted by molar-refractivity contribution is -0.153. The van der Waals surface area contributed by atoms with Crippen LogP contribution in [0.25, 0.3) is 10.4 Å². The summed E-state index contributed by atoms with van der Waals surface area (Å²) in [5, 5.41) is 3.35. The highest BCUT2D eigenvalue weighted by Crippen LogP contribution is 2.37. The number of hydrogen-bond donors (Lipinski definition) is 2. The Balaban J connectivity index is 1.87. The first-order valence-electron chi connectivity index (χ1n) is 12.7. The fourth-order valence-corrected chi connectivity index (χ4v) is 6.75. The first-order chi connectivity index (χ1) is 17.6. The van der Waals surface area contributed by atoms with E-state index in [1.807, 2.05) is 13.8 Å². The van der Waals surface area contributed by atoms with Crippen LogP contribution in [0, 0.1) is 5.92 Å². The van der Waals surface area contributed by atoms with E-state index in [4.69, 9.17) is 9.47 Å². The molecule has 3 rings (SSSR count). The molecule has 1 aromatic carbocycles. The van der Waals surface area contributed by atoms with Gasteiger partial charge in [-0.2, -0.15) is 0 Å². The molecule has 38 heavy (non-hydrogen) atoms. The molecule has 2 N–H and O–H groups in total. The van der Waals surface area contributed by atoms with Crippen molar-refractivity contribution in [2.45, 2.75) is 84.0 Å². The Kier molecular flexibility index (Phi) is 9.43. The molecule has 0 bridgehead atoms. The van der Waals surface area contributed by atoms with Crippen LogP contribution in [0.15, 0.2) is 29.3 Å². The van der Waals surface area contributed by atoms with E-state index in [1.54, 1.807) is 52.9 Å². The van der Waals surface area contributed by atoms with E-state index in [9.17, 15) is 18.0 Å². The minimum atomic E-state index is -3.95.